The van der Waals surface area contributed by atoms with Gasteiger partial charge in [0.15, 0.2) is 11.6 Å². The van der Waals surface area contributed by atoms with Crippen molar-refractivity contribution in [2.45, 2.75) is 37.5 Å². The van der Waals surface area contributed by atoms with Crippen LogP contribution in [0.15, 0.2) is 113 Å². The first-order chi connectivity index (χ1) is 22.5. The van der Waals surface area contributed by atoms with Gasteiger partial charge in [-0.15, -0.1) is 0 Å². The van der Waals surface area contributed by atoms with Crippen molar-refractivity contribution in [1.82, 2.24) is 10.9 Å². The van der Waals surface area contributed by atoms with E-state index in [-0.39, 0.29) is 31.3 Å². The van der Waals surface area contributed by atoms with Crippen LogP contribution >= 0.6 is 0 Å². The minimum absolute atomic E-state index is 0.0396. The maximum Gasteiger partial charge on any atom is 0.266 e. The van der Waals surface area contributed by atoms with Crippen molar-refractivity contribution < 1.29 is 23.8 Å². The molecule has 4 aromatic carbocycles. The molecular formula is C35H35FN6O4. The van der Waals surface area contributed by atoms with E-state index in [1.807, 2.05) is 66.7 Å². The van der Waals surface area contributed by atoms with E-state index < -0.39 is 17.6 Å². The molecule has 0 saturated heterocycles. The molecule has 0 bridgehead atoms. The third kappa shape index (κ3) is 7.89. The molecule has 0 unspecified atom stereocenters. The zero-order valence-electron chi connectivity index (χ0n) is 25.2. The van der Waals surface area contributed by atoms with Gasteiger partial charge in [-0.1, -0.05) is 71.8 Å². The molecule has 0 spiro atoms. The number of carbonyl (C=O) groups excluding carboxylic acids is 1. The number of rotatable bonds is 15. The normalized spacial score (nSPS) is 17.0. The van der Waals surface area contributed by atoms with Crippen LogP contribution in [0.1, 0.15) is 40.3 Å². The molecule has 0 aromatic heterocycles. The van der Waals surface area contributed by atoms with Gasteiger partial charge in [0.2, 0.25) is 5.90 Å². The summed E-state index contributed by atoms with van der Waals surface area (Å²) in [6, 6.07) is 30.4. The number of halogens is 1. The van der Waals surface area contributed by atoms with Gasteiger partial charge in [0, 0.05) is 36.5 Å². The Kier molecular flexibility index (Phi) is 11.0. The number of hydrogen-bond donors (Lipinski definition) is 3. The Morgan fingerprint density at radius 1 is 1.00 bits per heavy atom. The van der Waals surface area contributed by atoms with E-state index in [9.17, 15) is 9.18 Å². The second-order valence-corrected chi connectivity index (χ2v) is 10.8. The number of aliphatic imine (C=N–C) groups is 1. The Bertz CT molecular complexity index is 1680. The summed E-state index contributed by atoms with van der Waals surface area (Å²) in [5.41, 5.74) is 17.3. The average Bonchev–Trinajstić information content (AvgIpc) is 3.47. The van der Waals surface area contributed by atoms with Crippen LogP contribution in [0.3, 0.4) is 0 Å². The molecule has 1 amide bonds. The summed E-state index contributed by atoms with van der Waals surface area (Å²) in [6.45, 7) is 0.885. The van der Waals surface area contributed by atoms with Crippen LogP contribution < -0.4 is 15.6 Å². The number of benzene rings is 4. The minimum atomic E-state index is -1.46. The summed E-state index contributed by atoms with van der Waals surface area (Å²) >= 11 is 0. The topological polar surface area (TPSA) is 141 Å². The number of aliphatic hydroxyl groups excluding tert-OH is 1. The molecule has 0 saturated carbocycles. The molecule has 4 aromatic rings. The maximum absolute atomic E-state index is 14.4. The van der Waals surface area contributed by atoms with Gasteiger partial charge in [0.1, 0.15) is 11.6 Å². The van der Waals surface area contributed by atoms with Crippen molar-refractivity contribution >= 4 is 11.8 Å². The van der Waals surface area contributed by atoms with Crippen molar-refractivity contribution in [3.8, 4) is 5.75 Å². The monoisotopic (exact) mass is 622 g/mol. The summed E-state index contributed by atoms with van der Waals surface area (Å²) in [5.74, 6) is 0.199. The molecule has 0 aliphatic carbocycles. The highest BCUT2D eigenvalue weighted by Crippen LogP contribution is 2.43. The van der Waals surface area contributed by atoms with E-state index in [2.05, 4.69) is 20.9 Å². The number of nitrogens with one attached hydrogen (secondary N) is 2. The summed E-state index contributed by atoms with van der Waals surface area (Å²) in [6.07, 6.45) is 0.421. The number of amides is 1. The number of ether oxygens (including phenoxy) is 2. The number of azide groups is 1. The van der Waals surface area contributed by atoms with E-state index in [1.165, 1.54) is 12.1 Å². The van der Waals surface area contributed by atoms with Crippen molar-refractivity contribution in [2.24, 2.45) is 10.1 Å². The van der Waals surface area contributed by atoms with Crippen molar-refractivity contribution in [1.29, 1.82) is 0 Å². The number of hydrogen-bond acceptors (Lipinski definition) is 7. The molecule has 1 aliphatic rings. The van der Waals surface area contributed by atoms with Crippen LogP contribution in [-0.4, -0.2) is 42.2 Å². The fourth-order valence-electron chi connectivity index (χ4n) is 5.32. The lowest BCUT2D eigenvalue weighted by atomic mass is 9.81. The van der Waals surface area contributed by atoms with E-state index in [4.69, 9.17) is 25.1 Å². The molecule has 0 fully saturated rings. The standard InChI is InChI=1S/C35H35FN6O4/c36-29-15-11-25(12-16-29)19-20-38-41-34(44)35(23-26-7-2-1-3-8-26)32(31-10-5-4-9-28(31)24-39-42-37)46-33(40-35)27-13-17-30(18-14-27)45-22-6-21-43/h1-5,7-18,32,38,43H,6,19-24H2,(H,41,44)/t32-,35-/m0/s1. The molecular weight excluding hydrogens is 587 g/mol. The van der Waals surface area contributed by atoms with Crippen LogP contribution in [0.5, 0.6) is 5.75 Å². The predicted molar refractivity (Wildman–Crippen MR) is 172 cm³/mol. The van der Waals surface area contributed by atoms with Crippen molar-refractivity contribution in [3.63, 3.8) is 0 Å². The lowest BCUT2D eigenvalue weighted by Gasteiger charge is -2.31. The highest BCUT2D eigenvalue weighted by molar-refractivity contribution is 6.01. The smallest absolute Gasteiger partial charge is 0.266 e. The zero-order chi connectivity index (χ0) is 32.2. The second-order valence-electron chi connectivity index (χ2n) is 10.8. The molecule has 5 rings (SSSR count). The number of hydrazine groups is 1. The van der Waals surface area contributed by atoms with Crippen molar-refractivity contribution in [2.75, 3.05) is 19.8 Å². The molecule has 0 radical (unpaired) electrons. The SMILES string of the molecule is [N-]=[N+]=NCc1ccccc1[C@@H]1OC(c2ccc(OCCCO)cc2)=N[C@]1(Cc1ccccc1)C(=O)NNCCc1ccc(F)cc1. The minimum Gasteiger partial charge on any atom is -0.494 e. The Morgan fingerprint density at radius 2 is 1.74 bits per heavy atom. The van der Waals surface area contributed by atoms with E-state index in [0.717, 1.165) is 11.1 Å². The van der Waals surface area contributed by atoms with E-state index >= 15 is 0 Å². The fraction of sp³-hybridized carbons (Fsp3) is 0.257. The second kappa shape index (κ2) is 15.7. The highest BCUT2D eigenvalue weighted by Gasteiger charge is 2.53. The highest BCUT2D eigenvalue weighted by atomic mass is 19.1. The van der Waals surface area contributed by atoms with E-state index in [1.54, 1.807) is 24.3 Å². The molecule has 46 heavy (non-hydrogen) atoms. The first-order valence-corrected chi connectivity index (χ1v) is 15.0. The van der Waals surface area contributed by atoms with Gasteiger partial charge in [0.05, 0.1) is 13.2 Å². The van der Waals surface area contributed by atoms with Gasteiger partial charge in [0.25, 0.3) is 5.91 Å². The third-order valence-corrected chi connectivity index (χ3v) is 7.64. The van der Waals surface area contributed by atoms with Crippen LogP contribution in [0.4, 0.5) is 4.39 Å². The molecule has 1 heterocycles. The summed E-state index contributed by atoms with van der Waals surface area (Å²) < 4.78 is 25.6. The Labute approximate surface area is 266 Å². The van der Waals surface area contributed by atoms with Gasteiger partial charge in [-0.25, -0.2) is 14.8 Å². The average molecular weight is 623 g/mol. The van der Waals surface area contributed by atoms with Gasteiger partial charge in [-0.3, -0.25) is 10.2 Å². The lowest BCUT2D eigenvalue weighted by molar-refractivity contribution is -0.130. The summed E-state index contributed by atoms with van der Waals surface area (Å²) in [4.78, 5) is 22.4. The molecule has 1 aliphatic heterocycles. The molecule has 11 heteroatoms. The lowest BCUT2D eigenvalue weighted by Crippen LogP contribution is -2.54. The van der Waals surface area contributed by atoms with Crippen LogP contribution in [0.2, 0.25) is 0 Å². The van der Waals surface area contributed by atoms with Crippen LogP contribution in [-0.2, 0) is 28.9 Å². The van der Waals surface area contributed by atoms with Crippen molar-refractivity contribution in [3.05, 3.63) is 147 Å². The summed E-state index contributed by atoms with van der Waals surface area (Å²) in [7, 11) is 0. The van der Waals surface area contributed by atoms with Gasteiger partial charge >= 0.3 is 0 Å². The first kappa shape index (κ1) is 32.2. The van der Waals surface area contributed by atoms with Crippen LogP contribution in [0, 0.1) is 5.82 Å². The zero-order valence-corrected chi connectivity index (χ0v) is 25.2. The number of nitrogens with zero attached hydrogens (tertiary/aromatic N) is 4. The van der Waals surface area contributed by atoms with Crippen LogP contribution in [0.25, 0.3) is 10.4 Å². The van der Waals surface area contributed by atoms with E-state index in [0.29, 0.717) is 48.4 Å². The quantitative estimate of drug-likeness (QED) is 0.0508. The molecule has 236 valence electrons. The molecule has 2 atom stereocenters. The maximum atomic E-state index is 14.4. The molecule has 10 nitrogen and oxygen atoms in total. The largest absolute Gasteiger partial charge is 0.494 e. The van der Waals surface area contributed by atoms with Gasteiger partial charge in [-0.05, 0) is 70.6 Å². The molecule has 3 N–H and O–H groups in total. The number of carbonyl (C=O) groups is 1. The van der Waals surface area contributed by atoms with Gasteiger partial charge in [-0.2, -0.15) is 0 Å². The predicted octanol–water partition coefficient (Wildman–Crippen LogP) is 5.76. The Morgan fingerprint density at radius 3 is 2.48 bits per heavy atom. The first-order valence-electron chi connectivity index (χ1n) is 15.0. The fourth-order valence-corrected chi connectivity index (χ4v) is 5.32. The number of aliphatic hydroxyl groups is 1. The van der Waals surface area contributed by atoms with Gasteiger partial charge < -0.3 is 14.6 Å². The summed E-state index contributed by atoms with van der Waals surface area (Å²) in [5, 5.41) is 12.8. The Hall–Kier alpha value is -5.22. The third-order valence-electron chi connectivity index (χ3n) is 7.64. The Balaban J connectivity index is 1.50.